The van der Waals surface area contributed by atoms with Gasteiger partial charge in [-0.15, -0.1) is 0 Å². The van der Waals surface area contributed by atoms with Crippen LogP contribution < -0.4 is 9.47 Å². The number of hydrogen-bond donors (Lipinski definition) is 1. The van der Waals surface area contributed by atoms with Gasteiger partial charge in [-0.25, -0.2) is 0 Å². The van der Waals surface area contributed by atoms with Gasteiger partial charge in [-0.1, -0.05) is 45.7 Å². The molecule has 2 aromatic rings. The third-order valence-electron chi connectivity index (χ3n) is 5.66. The van der Waals surface area contributed by atoms with Crippen molar-refractivity contribution in [1.82, 2.24) is 4.90 Å². The number of hydrogen-bond acceptors (Lipinski definition) is 5. The summed E-state index contributed by atoms with van der Waals surface area (Å²) in [5.41, 5.74) is 1.29. The van der Waals surface area contributed by atoms with Crippen molar-refractivity contribution in [3.63, 3.8) is 0 Å². The highest BCUT2D eigenvalue weighted by atomic mass is 16.5. The van der Waals surface area contributed by atoms with Crippen LogP contribution >= 0.6 is 0 Å². The molecule has 1 aliphatic heterocycles. The molecule has 33 heavy (non-hydrogen) atoms. The van der Waals surface area contributed by atoms with E-state index in [-0.39, 0.29) is 11.3 Å². The van der Waals surface area contributed by atoms with Gasteiger partial charge in [0.1, 0.15) is 17.3 Å². The van der Waals surface area contributed by atoms with Crippen LogP contribution in [0, 0.1) is 5.92 Å². The van der Waals surface area contributed by atoms with Gasteiger partial charge in [0.2, 0.25) is 0 Å². The van der Waals surface area contributed by atoms with Gasteiger partial charge in [0, 0.05) is 12.1 Å². The number of ketones is 1. The number of amides is 1. The number of rotatable bonds is 10. The van der Waals surface area contributed by atoms with Crippen LogP contribution in [0.1, 0.15) is 57.2 Å². The molecule has 0 saturated carbocycles. The van der Waals surface area contributed by atoms with Crippen molar-refractivity contribution in [2.75, 3.05) is 20.3 Å². The second-order valence-electron chi connectivity index (χ2n) is 8.71. The van der Waals surface area contributed by atoms with E-state index < -0.39 is 17.7 Å². The summed E-state index contributed by atoms with van der Waals surface area (Å²) in [6.45, 7) is 7.25. The number of methoxy groups -OCH3 is 1. The fourth-order valence-corrected chi connectivity index (χ4v) is 3.93. The molecule has 1 saturated heterocycles. The zero-order valence-corrected chi connectivity index (χ0v) is 19.8. The summed E-state index contributed by atoms with van der Waals surface area (Å²) in [5, 5.41) is 11.2. The van der Waals surface area contributed by atoms with Crippen LogP contribution in [-0.2, 0) is 9.59 Å². The number of likely N-dealkylation sites (tertiary alicyclic amines) is 1. The maximum atomic E-state index is 13.1. The third-order valence-corrected chi connectivity index (χ3v) is 5.66. The zero-order chi connectivity index (χ0) is 24.0. The number of aliphatic hydroxyl groups excluding tert-OH is 1. The zero-order valence-electron chi connectivity index (χ0n) is 19.8. The van der Waals surface area contributed by atoms with Crippen LogP contribution in [0.2, 0.25) is 0 Å². The first-order chi connectivity index (χ1) is 15.9. The first kappa shape index (κ1) is 24.4. The van der Waals surface area contributed by atoms with Crippen LogP contribution in [0.4, 0.5) is 0 Å². The minimum atomic E-state index is -0.672. The number of Topliss-reactive ketones (excluding diaryl/α,β-unsaturated/α-hetero) is 1. The van der Waals surface area contributed by atoms with Gasteiger partial charge in [0.25, 0.3) is 11.7 Å². The lowest BCUT2D eigenvalue weighted by Crippen LogP contribution is -2.30. The molecule has 1 fully saturated rings. The number of carbonyl (C=O) groups is 2. The molecule has 0 radical (unpaired) electrons. The van der Waals surface area contributed by atoms with Crippen molar-refractivity contribution in [2.45, 2.75) is 46.1 Å². The molecular weight excluding hydrogens is 418 g/mol. The summed E-state index contributed by atoms with van der Waals surface area (Å²) in [5.74, 6) is 0.261. The Morgan fingerprint density at radius 1 is 1.06 bits per heavy atom. The van der Waals surface area contributed by atoms with Gasteiger partial charge in [-0.05, 0) is 54.3 Å². The van der Waals surface area contributed by atoms with E-state index in [2.05, 4.69) is 20.8 Å². The van der Waals surface area contributed by atoms with Crippen molar-refractivity contribution < 1.29 is 24.2 Å². The molecule has 0 spiro atoms. The summed E-state index contributed by atoms with van der Waals surface area (Å²) in [6, 6.07) is 13.5. The van der Waals surface area contributed by atoms with E-state index in [0.717, 1.165) is 24.8 Å². The summed E-state index contributed by atoms with van der Waals surface area (Å²) in [6.07, 6.45) is 2.73. The number of benzene rings is 2. The van der Waals surface area contributed by atoms with E-state index in [1.54, 1.807) is 42.3 Å². The fraction of sp³-hybridized carbons (Fsp3) is 0.407. The highest BCUT2D eigenvalue weighted by Gasteiger charge is 2.45. The van der Waals surface area contributed by atoms with Crippen molar-refractivity contribution in [3.8, 4) is 11.5 Å². The molecule has 1 aliphatic rings. The Bertz CT molecular complexity index is 1010. The van der Waals surface area contributed by atoms with Crippen molar-refractivity contribution in [1.29, 1.82) is 0 Å². The number of carbonyl (C=O) groups excluding carboxylic acids is 2. The Morgan fingerprint density at radius 2 is 1.79 bits per heavy atom. The van der Waals surface area contributed by atoms with Gasteiger partial charge in [-0.3, -0.25) is 9.59 Å². The Labute approximate surface area is 195 Å². The maximum Gasteiger partial charge on any atom is 0.295 e. The minimum absolute atomic E-state index is 0.0978. The van der Waals surface area contributed by atoms with Crippen LogP contribution in [0.5, 0.6) is 11.5 Å². The first-order valence-electron chi connectivity index (χ1n) is 11.5. The van der Waals surface area contributed by atoms with Gasteiger partial charge in [0.05, 0.1) is 25.3 Å². The molecule has 6 heteroatoms. The lowest BCUT2D eigenvalue weighted by atomic mass is 9.95. The molecule has 1 N–H and O–H groups in total. The Morgan fingerprint density at radius 3 is 2.42 bits per heavy atom. The van der Waals surface area contributed by atoms with Crippen molar-refractivity contribution in [2.24, 2.45) is 5.92 Å². The van der Waals surface area contributed by atoms with E-state index >= 15 is 0 Å². The Balaban J connectivity index is 2.02. The monoisotopic (exact) mass is 451 g/mol. The standard InChI is InChI=1S/C27H33NO5/c1-5-6-7-15-28-24(20-9-8-10-22(16-20)32-4)23(26(30)27(28)31)25(29)19-11-13-21(14-12-19)33-17-18(2)3/h8-14,16,18,24,29H,5-7,15,17H2,1-4H3/b25-23-. The first-order valence-corrected chi connectivity index (χ1v) is 11.5. The van der Waals surface area contributed by atoms with Crippen LogP contribution in [0.15, 0.2) is 54.1 Å². The number of nitrogens with zero attached hydrogens (tertiary/aromatic N) is 1. The van der Waals surface area contributed by atoms with E-state index in [9.17, 15) is 14.7 Å². The van der Waals surface area contributed by atoms with Gasteiger partial charge in [-0.2, -0.15) is 0 Å². The average molecular weight is 452 g/mol. The van der Waals surface area contributed by atoms with E-state index in [4.69, 9.17) is 9.47 Å². The number of ether oxygens (including phenoxy) is 2. The molecule has 1 heterocycles. The van der Waals surface area contributed by atoms with E-state index in [1.165, 1.54) is 0 Å². The summed E-state index contributed by atoms with van der Waals surface area (Å²) >= 11 is 0. The topological polar surface area (TPSA) is 76.1 Å². The highest BCUT2D eigenvalue weighted by molar-refractivity contribution is 6.46. The predicted octanol–water partition coefficient (Wildman–Crippen LogP) is 5.34. The minimum Gasteiger partial charge on any atom is -0.507 e. The molecule has 1 unspecified atom stereocenters. The second-order valence-corrected chi connectivity index (χ2v) is 8.71. The predicted molar refractivity (Wildman–Crippen MR) is 128 cm³/mol. The molecule has 1 amide bonds. The molecule has 1 atom stereocenters. The SMILES string of the molecule is CCCCCN1C(=O)C(=O)/C(=C(\O)c2ccc(OCC(C)C)cc2)C1c1cccc(OC)c1. The van der Waals surface area contributed by atoms with Crippen LogP contribution in [0.3, 0.4) is 0 Å². The van der Waals surface area contributed by atoms with E-state index in [0.29, 0.717) is 36.1 Å². The summed E-state index contributed by atoms with van der Waals surface area (Å²) in [7, 11) is 1.57. The van der Waals surface area contributed by atoms with Gasteiger partial charge >= 0.3 is 0 Å². The molecule has 0 aromatic heterocycles. The molecule has 6 nitrogen and oxygen atoms in total. The smallest absolute Gasteiger partial charge is 0.295 e. The molecular formula is C27H33NO5. The normalized spacial score (nSPS) is 17.6. The highest BCUT2D eigenvalue weighted by Crippen LogP contribution is 2.40. The van der Waals surface area contributed by atoms with Crippen LogP contribution in [-0.4, -0.2) is 42.0 Å². The summed E-state index contributed by atoms with van der Waals surface area (Å²) in [4.78, 5) is 27.6. The molecule has 0 bridgehead atoms. The fourth-order valence-electron chi connectivity index (χ4n) is 3.93. The van der Waals surface area contributed by atoms with E-state index in [1.807, 2.05) is 18.2 Å². The molecule has 176 valence electrons. The maximum absolute atomic E-state index is 13.1. The second kappa shape index (κ2) is 11.0. The van der Waals surface area contributed by atoms with Gasteiger partial charge < -0.3 is 19.5 Å². The molecule has 0 aliphatic carbocycles. The molecule has 2 aromatic carbocycles. The van der Waals surface area contributed by atoms with Crippen molar-refractivity contribution >= 4 is 17.4 Å². The van der Waals surface area contributed by atoms with Crippen molar-refractivity contribution in [3.05, 3.63) is 65.2 Å². The summed E-state index contributed by atoms with van der Waals surface area (Å²) < 4.78 is 11.1. The Kier molecular flexibility index (Phi) is 8.15. The lowest BCUT2D eigenvalue weighted by molar-refractivity contribution is -0.139. The quantitative estimate of drug-likeness (QED) is 0.228. The number of aliphatic hydroxyl groups is 1. The third kappa shape index (κ3) is 5.56. The number of unbranched alkanes of at least 4 members (excludes halogenated alkanes) is 2. The average Bonchev–Trinajstić information content (AvgIpc) is 3.08. The largest absolute Gasteiger partial charge is 0.507 e. The lowest BCUT2D eigenvalue weighted by Gasteiger charge is -2.25. The Hall–Kier alpha value is -3.28. The molecule has 3 rings (SSSR count). The van der Waals surface area contributed by atoms with Crippen LogP contribution in [0.25, 0.3) is 5.76 Å². The van der Waals surface area contributed by atoms with Gasteiger partial charge in [0.15, 0.2) is 0 Å².